The Hall–Kier alpha value is -2.22. The molecular weight excluding hydrogens is 272 g/mol. The van der Waals surface area contributed by atoms with Crippen LogP contribution in [0, 0.1) is 5.92 Å². The Labute approximate surface area is 123 Å². The summed E-state index contributed by atoms with van der Waals surface area (Å²) in [6.07, 6.45) is 3.29. The van der Waals surface area contributed by atoms with Crippen molar-refractivity contribution in [3.63, 3.8) is 0 Å². The van der Waals surface area contributed by atoms with Crippen molar-refractivity contribution in [1.29, 1.82) is 0 Å². The lowest BCUT2D eigenvalue weighted by atomic mass is 10.2. The van der Waals surface area contributed by atoms with E-state index in [9.17, 15) is 9.59 Å². The molecule has 0 saturated heterocycles. The molecule has 1 aromatic heterocycles. The smallest absolute Gasteiger partial charge is 0.237 e. The fourth-order valence-corrected chi connectivity index (χ4v) is 1.68. The molecular formula is C13H22N6O2. The van der Waals surface area contributed by atoms with Crippen LogP contribution in [0.5, 0.6) is 0 Å². The second kappa shape index (κ2) is 8.15. The topological polar surface area (TPSA) is 127 Å². The zero-order chi connectivity index (χ0) is 15.8. The van der Waals surface area contributed by atoms with Crippen LogP contribution in [-0.4, -0.2) is 41.4 Å². The van der Waals surface area contributed by atoms with Gasteiger partial charge in [0.2, 0.25) is 17.8 Å². The summed E-state index contributed by atoms with van der Waals surface area (Å²) in [5, 5.41) is 3.27. The predicted molar refractivity (Wildman–Crippen MR) is 79.2 cm³/mol. The maximum absolute atomic E-state index is 11.0. The van der Waals surface area contributed by atoms with Crippen LogP contribution in [0.1, 0.15) is 19.4 Å². The standard InChI is InChI=1S/C13H22N6O2/c1-9(2)3-16-4-10-5-17-13(18-6-10)19(7-11(14)20)8-12(15)21/h5-6,9,16H,3-4,7-8H2,1-2H3,(H2,14,20)(H2,15,21). The molecule has 0 spiro atoms. The van der Waals surface area contributed by atoms with E-state index in [0.717, 1.165) is 12.1 Å². The molecule has 0 radical (unpaired) electrons. The molecule has 0 unspecified atom stereocenters. The molecule has 0 fully saturated rings. The first-order chi connectivity index (χ1) is 9.88. The maximum atomic E-state index is 11.0. The van der Waals surface area contributed by atoms with E-state index in [1.54, 1.807) is 12.4 Å². The number of amides is 2. The average Bonchev–Trinajstić information content (AvgIpc) is 2.37. The van der Waals surface area contributed by atoms with E-state index in [4.69, 9.17) is 11.5 Å². The van der Waals surface area contributed by atoms with Crippen molar-refractivity contribution in [3.8, 4) is 0 Å². The number of nitrogens with zero attached hydrogens (tertiary/aromatic N) is 3. The number of carbonyl (C=O) groups is 2. The molecule has 1 aromatic rings. The van der Waals surface area contributed by atoms with Crippen LogP contribution in [0.15, 0.2) is 12.4 Å². The highest BCUT2D eigenvalue weighted by atomic mass is 16.2. The summed E-state index contributed by atoms with van der Waals surface area (Å²) in [5.74, 6) is -0.350. The number of anilines is 1. The molecule has 1 rings (SSSR count). The number of nitrogens with two attached hydrogens (primary N) is 2. The number of carbonyl (C=O) groups excluding carboxylic acids is 2. The van der Waals surface area contributed by atoms with Gasteiger partial charge in [-0.1, -0.05) is 13.8 Å². The van der Waals surface area contributed by atoms with Crippen LogP contribution in [0.2, 0.25) is 0 Å². The first-order valence-corrected chi connectivity index (χ1v) is 6.71. The Kier molecular flexibility index (Phi) is 6.54. The quantitative estimate of drug-likeness (QED) is 0.536. The third-order valence-corrected chi connectivity index (χ3v) is 2.55. The van der Waals surface area contributed by atoms with Crippen molar-refractivity contribution in [2.24, 2.45) is 17.4 Å². The van der Waals surface area contributed by atoms with Gasteiger partial charge in [-0.2, -0.15) is 0 Å². The number of primary amides is 2. The van der Waals surface area contributed by atoms with Crippen LogP contribution < -0.4 is 21.7 Å². The minimum Gasteiger partial charge on any atom is -0.368 e. The second-order valence-electron chi connectivity index (χ2n) is 5.20. The molecule has 1 heterocycles. The van der Waals surface area contributed by atoms with Crippen molar-refractivity contribution in [3.05, 3.63) is 18.0 Å². The normalized spacial score (nSPS) is 10.6. The molecule has 8 heteroatoms. The molecule has 0 saturated carbocycles. The molecule has 0 aromatic carbocycles. The number of hydrogen-bond donors (Lipinski definition) is 3. The lowest BCUT2D eigenvalue weighted by Gasteiger charge is -2.19. The van der Waals surface area contributed by atoms with Gasteiger partial charge in [0.05, 0.1) is 0 Å². The Morgan fingerprint density at radius 1 is 1.19 bits per heavy atom. The van der Waals surface area contributed by atoms with Gasteiger partial charge in [-0.25, -0.2) is 9.97 Å². The highest BCUT2D eigenvalue weighted by molar-refractivity contribution is 5.83. The van der Waals surface area contributed by atoms with Gasteiger partial charge < -0.3 is 21.7 Å². The van der Waals surface area contributed by atoms with Crippen LogP contribution in [-0.2, 0) is 16.1 Å². The SMILES string of the molecule is CC(C)CNCc1cnc(N(CC(N)=O)CC(N)=O)nc1. The minimum atomic E-state index is -0.581. The summed E-state index contributed by atoms with van der Waals surface area (Å²) in [4.78, 5) is 31.6. The summed E-state index contributed by atoms with van der Waals surface area (Å²) >= 11 is 0. The third-order valence-electron chi connectivity index (χ3n) is 2.55. The van der Waals surface area contributed by atoms with E-state index in [-0.39, 0.29) is 19.0 Å². The first-order valence-electron chi connectivity index (χ1n) is 6.71. The molecule has 0 aliphatic heterocycles. The molecule has 5 N–H and O–H groups in total. The van der Waals surface area contributed by atoms with Gasteiger partial charge >= 0.3 is 0 Å². The summed E-state index contributed by atoms with van der Waals surface area (Å²) in [7, 11) is 0. The zero-order valence-corrected chi connectivity index (χ0v) is 12.4. The van der Waals surface area contributed by atoms with E-state index < -0.39 is 11.8 Å². The molecule has 0 bridgehead atoms. The number of aromatic nitrogens is 2. The second-order valence-corrected chi connectivity index (χ2v) is 5.20. The van der Waals surface area contributed by atoms with Crippen molar-refractivity contribution >= 4 is 17.8 Å². The molecule has 21 heavy (non-hydrogen) atoms. The van der Waals surface area contributed by atoms with E-state index in [2.05, 4.69) is 29.1 Å². The van der Waals surface area contributed by atoms with Crippen LogP contribution in [0.3, 0.4) is 0 Å². The van der Waals surface area contributed by atoms with Gasteiger partial charge in [0.15, 0.2) is 0 Å². The number of hydrogen-bond acceptors (Lipinski definition) is 6. The highest BCUT2D eigenvalue weighted by Crippen LogP contribution is 2.06. The summed E-state index contributed by atoms with van der Waals surface area (Å²) in [6.45, 7) is 5.49. The predicted octanol–water partition coefficient (Wildman–Crippen LogP) is -1.00. The molecule has 8 nitrogen and oxygen atoms in total. The molecule has 2 amide bonds. The fraction of sp³-hybridized carbons (Fsp3) is 0.538. The van der Waals surface area contributed by atoms with Crippen LogP contribution >= 0.6 is 0 Å². The monoisotopic (exact) mass is 294 g/mol. The number of nitrogens with one attached hydrogen (secondary N) is 1. The van der Waals surface area contributed by atoms with Crippen molar-refractivity contribution in [2.75, 3.05) is 24.5 Å². The van der Waals surface area contributed by atoms with Crippen molar-refractivity contribution < 1.29 is 9.59 Å². The fourth-order valence-electron chi connectivity index (χ4n) is 1.68. The zero-order valence-electron chi connectivity index (χ0n) is 12.4. The highest BCUT2D eigenvalue weighted by Gasteiger charge is 2.14. The maximum Gasteiger partial charge on any atom is 0.237 e. The van der Waals surface area contributed by atoms with E-state index in [1.165, 1.54) is 4.90 Å². The minimum absolute atomic E-state index is 0.159. The molecule has 0 aliphatic rings. The summed E-state index contributed by atoms with van der Waals surface area (Å²) < 4.78 is 0. The Morgan fingerprint density at radius 3 is 2.14 bits per heavy atom. The van der Waals surface area contributed by atoms with Crippen LogP contribution in [0.4, 0.5) is 5.95 Å². The lowest BCUT2D eigenvalue weighted by molar-refractivity contribution is -0.117. The average molecular weight is 294 g/mol. The van der Waals surface area contributed by atoms with Gasteiger partial charge in [0, 0.05) is 24.5 Å². The summed E-state index contributed by atoms with van der Waals surface area (Å²) in [5.41, 5.74) is 11.2. The number of rotatable bonds is 9. The van der Waals surface area contributed by atoms with E-state index in [0.29, 0.717) is 12.5 Å². The summed E-state index contributed by atoms with van der Waals surface area (Å²) in [6, 6.07) is 0. The Balaban J connectivity index is 2.68. The Morgan fingerprint density at radius 2 is 1.71 bits per heavy atom. The van der Waals surface area contributed by atoms with E-state index in [1.807, 2.05) is 0 Å². The lowest BCUT2D eigenvalue weighted by Crippen LogP contribution is -2.40. The molecule has 0 atom stereocenters. The van der Waals surface area contributed by atoms with Gasteiger partial charge in [0.1, 0.15) is 13.1 Å². The van der Waals surface area contributed by atoms with E-state index >= 15 is 0 Å². The first kappa shape index (κ1) is 16.8. The van der Waals surface area contributed by atoms with Crippen molar-refractivity contribution in [2.45, 2.75) is 20.4 Å². The largest absolute Gasteiger partial charge is 0.368 e. The van der Waals surface area contributed by atoms with Gasteiger partial charge in [-0.05, 0) is 12.5 Å². The molecule has 0 aliphatic carbocycles. The molecule has 116 valence electrons. The van der Waals surface area contributed by atoms with Crippen molar-refractivity contribution in [1.82, 2.24) is 15.3 Å². The Bertz CT molecular complexity index is 458. The van der Waals surface area contributed by atoms with Gasteiger partial charge in [-0.3, -0.25) is 9.59 Å². The third kappa shape index (κ3) is 6.66. The van der Waals surface area contributed by atoms with Crippen LogP contribution in [0.25, 0.3) is 0 Å². The van der Waals surface area contributed by atoms with Gasteiger partial charge in [-0.15, -0.1) is 0 Å². The van der Waals surface area contributed by atoms with Gasteiger partial charge in [0.25, 0.3) is 0 Å².